The second-order valence-corrected chi connectivity index (χ2v) is 8.26. The van der Waals surface area contributed by atoms with Gasteiger partial charge in [-0.2, -0.15) is 0 Å². The molecule has 0 aliphatic carbocycles. The summed E-state index contributed by atoms with van der Waals surface area (Å²) in [4.78, 5) is 0. The Morgan fingerprint density at radius 2 is 1.94 bits per heavy atom. The van der Waals surface area contributed by atoms with Crippen LogP contribution in [0.2, 0.25) is 5.02 Å². The van der Waals surface area contributed by atoms with E-state index in [0.29, 0.717) is 10.8 Å². The molecule has 0 heterocycles. The molecule has 0 saturated heterocycles. The summed E-state index contributed by atoms with van der Waals surface area (Å²) in [5.41, 5.74) is 0.388. The van der Waals surface area contributed by atoms with E-state index in [1.807, 2.05) is 13.0 Å². The van der Waals surface area contributed by atoms with E-state index in [4.69, 9.17) is 27.0 Å². The molecule has 0 aliphatic rings. The largest absolute Gasteiger partial charge is 0.493 e. The van der Waals surface area contributed by atoms with Gasteiger partial charge in [-0.1, -0.05) is 31.5 Å². The first-order valence-electron chi connectivity index (χ1n) is 5.40. The molecule has 0 atom stereocenters. The number of aryl methyl sites for hydroxylation is 1. The molecule has 18 heavy (non-hydrogen) atoms. The van der Waals surface area contributed by atoms with Crippen LogP contribution in [0.4, 0.5) is 0 Å². The van der Waals surface area contributed by atoms with Gasteiger partial charge in [0.15, 0.2) is 0 Å². The third-order valence-electron chi connectivity index (χ3n) is 2.33. The van der Waals surface area contributed by atoms with Crippen LogP contribution in [0, 0.1) is 12.3 Å². The number of ether oxygens (including phenoxy) is 1. The van der Waals surface area contributed by atoms with Crippen molar-refractivity contribution in [2.45, 2.75) is 20.8 Å². The van der Waals surface area contributed by atoms with E-state index in [9.17, 15) is 8.42 Å². The molecule has 0 bridgehead atoms. The average molecular weight is 311 g/mol. The summed E-state index contributed by atoms with van der Waals surface area (Å²) in [6, 6.07) is 5.34. The van der Waals surface area contributed by atoms with E-state index < -0.39 is 14.5 Å². The second-order valence-electron chi connectivity index (χ2n) is 5.05. The molecule has 0 fully saturated rings. The first-order chi connectivity index (χ1) is 8.09. The van der Waals surface area contributed by atoms with Crippen molar-refractivity contribution >= 4 is 31.3 Å². The van der Waals surface area contributed by atoms with Crippen molar-refractivity contribution in [1.82, 2.24) is 0 Å². The summed E-state index contributed by atoms with van der Waals surface area (Å²) in [6.07, 6.45) is 0. The monoisotopic (exact) mass is 310 g/mol. The Labute approximate surface area is 117 Å². The highest BCUT2D eigenvalue weighted by atomic mass is 35.7. The zero-order chi connectivity index (χ0) is 14.0. The van der Waals surface area contributed by atoms with E-state index in [-0.39, 0.29) is 12.4 Å². The Bertz CT molecular complexity index is 524. The number of hydrogen-bond acceptors (Lipinski definition) is 3. The van der Waals surface area contributed by atoms with Gasteiger partial charge in [0.1, 0.15) is 5.75 Å². The third-order valence-corrected chi connectivity index (χ3v) is 4.02. The summed E-state index contributed by atoms with van der Waals surface area (Å²) in [5.74, 6) is 0.517. The van der Waals surface area contributed by atoms with Crippen LogP contribution in [0.1, 0.15) is 19.4 Å². The fraction of sp³-hybridized carbons (Fsp3) is 0.500. The lowest BCUT2D eigenvalue weighted by molar-refractivity contribution is 0.199. The summed E-state index contributed by atoms with van der Waals surface area (Å²) < 4.78 is 27.8. The molecule has 0 radical (unpaired) electrons. The van der Waals surface area contributed by atoms with E-state index in [2.05, 4.69) is 0 Å². The van der Waals surface area contributed by atoms with Gasteiger partial charge in [0, 0.05) is 21.1 Å². The normalized spacial score (nSPS) is 12.5. The van der Waals surface area contributed by atoms with Gasteiger partial charge in [0.05, 0.1) is 12.4 Å². The highest BCUT2D eigenvalue weighted by Crippen LogP contribution is 2.26. The van der Waals surface area contributed by atoms with E-state index in [1.165, 1.54) is 0 Å². The minimum Gasteiger partial charge on any atom is -0.493 e. The predicted octanol–water partition coefficient (Wildman–Crippen LogP) is 3.62. The van der Waals surface area contributed by atoms with Crippen LogP contribution in [-0.4, -0.2) is 20.8 Å². The number of hydrogen-bond donors (Lipinski definition) is 0. The van der Waals surface area contributed by atoms with Gasteiger partial charge in [-0.25, -0.2) is 8.42 Å². The minimum atomic E-state index is -3.54. The maximum atomic E-state index is 11.1. The van der Waals surface area contributed by atoms with Crippen LogP contribution >= 0.6 is 22.3 Å². The van der Waals surface area contributed by atoms with Crippen LogP contribution in [0.15, 0.2) is 18.2 Å². The molecule has 1 aromatic rings. The van der Waals surface area contributed by atoms with Crippen molar-refractivity contribution in [1.29, 1.82) is 0 Å². The fourth-order valence-electron chi connectivity index (χ4n) is 1.51. The molecule has 0 spiro atoms. The molecular weight excluding hydrogens is 295 g/mol. The minimum absolute atomic E-state index is 0.138. The molecule has 0 amide bonds. The maximum absolute atomic E-state index is 11.1. The summed E-state index contributed by atoms with van der Waals surface area (Å²) in [7, 11) is 1.71. The smallest absolute Gasteiger partial charge is 0.233 e. The Hall–Kier alpha value is -0.450. The van der Waals surface area contributed by atoms with E-state index in [1.54, 1.807) is 26.0 Å². The second kappa shape index (κ2) is 5.68. The SMILES string of the molecule is Cc1ccc(Cl)cc1OCC(C)(C)CS(=O)(=O)Cl. The Morgan fingerprint density at radius 3 is 2.50 bits per heavy atom. The standard InChI is InChI=1S/C12H16Cl2O3S/c1-9-4-5-10(13)6-11(9)17-7-12(2,3)8-18(14,15)16/h4-6H,7-8H2,1-3H3. The number of halogens is 2. The zero-order valence-corrected chi connectivity index (χ0v) is 12.9. The molecular formula is C12H16Cl2O3S. The van der Waals surface area contributed by atoms with Gasteiger partial charge in [-0.15, -0.1) is 0 Å². The number of rotatable bonds is 5. The average Bonchev–Trinajstić information content (AvgIpc) is 2.16. The molecule has 0 aromatic heterocycles. The summed E-state index contributed by atoms with van der Waals surface area (Å²) in [5, 5.41) is 0.582. The Morgan fingerprint density at radius 1 is 1.33 bits per heavy atom. The van der Waals surface area contributed by atoms with Crippen LogP contribution in [0.3, 0.4) is 0 Å². The van der Waals surface area contributed by atoms with Crippen LogP contribution in [0.5, 0.6) is 5.75 Å². The van der Waals surface area contributed by atoms with Crippen LogP contribution in [-0.2, 0) is 9.05 Å². The number of benzene rings is 1. The van der Waals surface area contributed by atoms with Crippen LogP contribution < -0.4 is 4.74 Å². The molecule has 0 aliphatic heterocycles. The van der Waals surface area contributed by atoms with Gasteiger partial charge in [-0.3, -0.25) is 0 Å². The van der Waals surface area contributed by atoms with Crippen molar-refractivity contribution in [3.8, 4) is 5.75 Å². The molecule has 6 heteroatoms. The summed E-state index contributed by atoms with van der Waals surface area (Å²) >= 11 is 5.88. The molecule has 1 rings (SSSR count). The lowest BCUT2D eigenvalue weighted by Gasteiger charge is -2.23. The quantitative estimate of drug-likeness (QED) is 0.780. The molecule has 102 valence electrons. The fourth-order valence-corrected chi connectivity index (χ4v) is 3.58. The zero-order valence-electron chi connectivity index (χ0n) is 10.5. The maximum Gasteiger partial charge on any atom is 0.233 e. The first kappa shape index (κ1) is 15.6. The van der Waals surface area contributed by atoms with Crippen molar-refractivity contribution in [3.63, 3.8) is 0 Å². The van der Waals surface area contributed by atoms with Crippen molar-refractivity contribution in [2.24, 2.45) is 5.41 Å². The highest BCUT2D eigenvalue weighted by molar-refractivity contribution is 8.13. The molecule has 0 N–H and O–H groups in total. The van der Waals surface area contributed by atoms with Crippen molar-refractivity contribution in [3.05, 3.63) is 28.8 Å². The van der Waals surface area contributed by atoms with E-state index in [0.717, 1.165) is 5.56 Å². The van der Waals surface area contributed by atoms with Gasteiger partial charge in [0.2, 0.25) is 9.05 Å². The van der Waals surface area contributed by atoms with E-state index >= 15 is 0 Å². The molecule has 0 unspecified atom stereocenters. The van der Waals surface area contributed by atoms with Crippen LogP contribution in [0.25, 0.3) is 0 Å². The van der Waals surface area contributed by atoms with Gasteiger partial charge in [-0.05, 0) is 24.6 Å². The first-order valence-corrected chi connectivity index (χ1v) is 8.26. The highest BCUT2D eigenvalue weighted by Gasteiger charge is 2.26. The summed E-state index contributed by atoms with van der Waals surface area (Å²) in [6.45, 7) is 5.72. The third kappa shape index (κ3) is 5.46. The Kier molecular flexibility index (Phi) is 4.92. The van der Waals surface area contributed by atoms with Crippen molar-refractivity contribution in [2.75, 3.05) is 12.4 Å². The predicted molar refractivity (Wildman–Crippen MR) is 75.1 cm³/mol. The lowest BCUT2D eigenvalue weighted by Crippen LogP contribution is -2.28. The van der Waals surface area contributed by atoms with Gasteiger partial charge in [0.25, 0.3) is 0 Å². The molecule has 3 nitrogen and oxygen atoms in total. The molecule has 0 saturated carbocycles. The van der Waals surface area contributed by atoms with Gasteiger partial charge >= 0.3 is 0 Å². The van der Waals surface area contributed by atoms with Gasteiger partial charge < -0.3 is 4.74 Å². The Balaban J connectivity index is 2.72. The molecule has 1 aromatic carbocycles. The topological polar surface area (TPSA) is 43.4 Å². The van der Waals surface area contributed by atoms with Crippen molar-refractivity contribution < 1.29 is 13.2 Å². The lowest BCUT2D eigenvalue weighted by atomic mass is 9.98.